The molecule has 1 rings (SSSR count). The van der Waals surface area contributed by atoms with E-state index in [4.69, 9.17) is 5.73 Å². The molecule has 0 amide bonds. The van der Waals surface area contributed by atoms with Crippen LogP contribution in [0.15, 0.2) is 6.33 Å². The Balaban J connectivity index is 2.74. The van der Waals surface area contributed by atoms with E-state index in [1.807, 2.05) is 0 Å². The van der Waals surface area contributed by atoms with E-state index in [1.54, 1.807) is 11.0 Å². The molecular weight excluding hydrogens is 128 g/mol. The fraction of sp³-hybridized carbons (Fsp3) is 0.667. The van der Waals surface area contributed by atoms with Gasteiger partial charge in [-0.3, -0.25) is 0 Å². The zero-order valence-electron chi connectivity index (χ0n) is 6.28. The van der Waals surface area contributed by atoms with Crippen LogP contribution in [0, 0.1) is 0 Å². The van der Waals surface area contributed by atoms with Crippen molar-refractivity contribution in [3.05, 3.63) is 6.33 Å². The summed E-state index contributed by atoms with van der Waals surface area (Å²) >= 11 is 0. The van der Waals surface area contributed by atoms with Crippen LogP contribution in [0.5, 0.6) is 0 Å². The zero-order valence-corrected chi connectivity index (χ0v) is 6.28. The molecule has 0 aliphatic carbocycles. The molecule has 0 radical (unpaired) electrons. The Bertz CT molecular complexity index is 205. The van der Waals surface area contributed by atoms with Gasteiger partial charge in [0.2, 0.25) is 5.95 Å². The lowest BCUT2D eigenvalue weighted by molar-refractivity contribution is 0.478. The third-order valence-corrected chi connectivity index (χ3v) is 1.57. The summed E-state index contributed by atoms with van der Waals surface area (Å²) in [5, 5.41) is 3.96. The van der Waals surface area contributed by atoms with Gasteiger partial charge in [0.1, 0.15) is 6.33 Å². The monoisotopic (exact) mass is 140 g/mol. The molecule has 56 valence electrons. The van der Waals surface area contributed by atoms with Gasteiger partial charge in [-0.2, -0.15) is 0 Å². The van der Waals surface area contributed by atoms with Crippen molar-refractivity contribution in [2.24, 2.45) is 0 Å². The standard InChI is InChI=1S/C6H12N4/c1-3-5(2)10-4-8-6(7)9-10/h4-5H,3H2,1-2H3,(H2,7,9). The van der Waals surface area contributed by atoms with Crippen LogP contribution >= 0.6 is 0 Å². The normalized spacial score (nSPS) is 13.4. The van der Waals surface area contributed by atoms with Crippen LogP contribution in [0.2, 0.25) is 0 Å². The minimum absolute atomic E-state index is 0.348. The van der Waals surface area contributed by atoms with E-state index >= 15 is 0 Å². The van der Waals surface area contributed by atoms with Gasteiger partial charge in [-0.05, 0) is 13.3 Å². The van der Waals surface area contributed by atoms with E-state index in [9.17, 15) is 0 Å². The van der Waals surface area contributed by atoms with Crippen LogP contribution in [0.25, 0.3) is 0 Å². The van der Waals surface area contributed by atoms with Crippen molar-refractivity contribution in [3.63, 3.8) is 0 Å². The number of aromatic nitrogens is 3. The number of anilines is 1. The summed E-state index contributed by atoms with van der Waals surface area (Å²) in [6, 6.07) is 0.393. The average molecular weight is 140 g/mol. The number of rotatable bonds is 2. The molecule has 0 spiro atoms. The highest BCUT2D eigenvalue weighted by atomic mass is 15.4. The molecule has 1 atom stereocenters. The van der Waals surface area contributed by atoms with Gasteiger partial charge in [0.15, 0.2) is 0 Å². The van der Waals surface area contributed by atoms with Gasteiger partial charge in [0, 0.05) is 0 Å². The molecule has 4 nitrogen and oxygen atoms in total. The highest BCUT2D eigenvalue weighted by Crippen LogP contribution is 2.06. The molecule has 0 fully saturated rings. The van der Waals surface area contributed by atoms with Gasteiger partial charge >= 0.3 is 0 Å². The Kier molecular flexibility index (Phi) is 1.89. The highest BCUT2D eigenvalue weighted by Gasteiger charge is 2.01. The summed E-state index contributed by atoms with van der Waals surface area (Å²) in [5.74, 6) is 0.348. The number of hydrogen-bond donors (Lipinski definition) is 1. The van der Waals surface area contributed by atoms with E-state index in [1.165, 1.54) is 0 Å². The van der Waals surface area contributed by atoms with Crippen molar-refractivity contribution < 1.29 is 0 Å². The topological polar surface area (TPSA) is 56.7 Å². The summed E-state index contributed by atoms with van der Waals surface area (Å²) < 4.78 is 1.77. The zero-order chi connectivity index (χ0) is 7.56. The number of nitrogens with two attached hydrogens (primary N) is 1. The van der Waals surface area contributed by atoms with Crippen LogP contribution < -0.4 is 5.73 Å². The molecule has 0 bridgehead atoms. The van der Waals surface area contributed by atoms with Gasteiger partial charge < -0.3 is 5.73 Å². The Labute approximate surface area is 60.1 Å². The molecule has 0 saturated heterocycles. The van der Waals surface area contributed by atoms with Crippen LogP contribution in [0.1, 0.15) is 26.3 Å². The Morgan fingerprint density at radius 1 is 1.80 bits per heavy atom. The maximum atomic E-state index is 5.33. The van der Waals surface area contributed by atoms with Crippen LogP contribution in [0.3, 0.4) is 0 Å². The van der Waals surface area contributed by atoms with Gasteiger partial charge in [-0.1, -0.05) is 6.92 Å². The highest BCUT2D eigenvalue weighted by molar-refractivity contribution is 5.09. The molecule has 0 aromatic carbocycles. The second-order valence-electron chi connectivity index (χ2n) is 2.34. The second kappa shape index (κ2) is 2.68. The summed E-state index contributed by atoms with van der Waals surface area (Å²) in [5.41, 5.74) is 5.33. The molecule has 1 aromatic rings. The molecule has 1 aromatic heterocycles. The SMILES string of the molecule is CCC(C)n1cnc(N)n1. The van der Waals surface area contributed by atoms with Gasteiger partial charge in [0.05, 0.1) is 6.04 Å². The maximum Gasteiger partial charge on any atom is 0.239 e. The third kappa shape index (κ3) is 1.26. The minimum atomic E-state index is 0.348. The maximum absolute atomic E-state index is 5.33. The van der Waals surface area contributed by atoms with Gasteiger partial charge in [-0.25, -0.2) is 9.67 Å². The molecule has 2 N–H and O–H groups in total. The third-order valence-electron chi connectivity index (χ3n) is 1.57. The van der Waals surface area contributed by atoms with E-state index in [0.717, 1.165) is 6.42 Å². The van der Waals surface area contributed by atoms with E-state index in [-0.39, 0.29) is 0 Å². The quantitative estimate of drug-likeness (QED) is 0.662. The van der Waals surface area contributed by atoms with Crippen LogP contribution in [-0.2, 0) is 0 Å². The van der Waals surface area contributed by atoms with E-state index in [2.05, 4.69) is 23.9 Å². The number of nitrogens with zero attached hydrogens (tertiary/aromatic N) is 3. The van der Waals surface area contributed by atoms with E-state index in [0.29, 0.717) is 12.0 Å². The fourth-order valence-corrected chi connectivity index (χ4v) is 0.688. The average Bonchev–Trinajstić information content (AvgIpc) is 2.34. The number of nitrogen functional groups attached to an aromatic ring is 1. The van der Waals surface area contributed by atoms with Crippen molar-refractivity contribution in [2.45, 2.75) is 26.3 Å². The number of hydrogen-bond acceptors (Lipinski definition) is 3. The van der Waals surface area contributed by atoms with Crippen molar-refractivity contribution in [3.8, 4) is 0 Å². The molecule has 10 heavy (non-hydrogen) atoms. The van der Waals surface area contributed by atoms with Crippen molar-refractivity contribution >= 4 is 5.95 Å². The van der Waals surface area contributed by atoms with Crippen LogP contribution in [0.4, 0.5) is 5.95 Å². The van der Waals surface area contributed by atoms with Gasteiger partial charge in [0.25, 0.3) is 0 Å². The summed E-state index contributed by atoms with van der Waals surface area (Å²) in [6.07, 6.45) is 2.70. The molecule has 0 aliphatic heterocycles. The predicted octanol–water partition coefficient (Wildman–Crippen LogP) is 0.831. The minimum Gasteiger partial charge on any atom is -0.367 e. The Hall–Kier alpha value is -1.06. The first-order chi connectivity index (χ1) is 4.74. The molecule has 0 saturated carbocycles. The first-order valence-electron chi connectivity index (χ1n) is 3.40. The summed E-state index contributed by atoms with van der Waals surface area (Å²) in [4.78, 5) is 3.82. The Morgan fingerprint density at radius 3 is 2.90 bits per heavy atom. The Morgan fingerprint density at radius 2 is 2.50 bits per heavy atom. The summed E-state index contributed by atoms with van der Waals surface area (Å²) in [6.45, 7) is 4.18. The molecule has 1 unspecified atom stereocenters. The van der Waals surface area contributed by atoms with Crippen molar-refractivity contribution in [2.75, 3.05) is 5.73 Å². The van der Waals surface area contributed by atoms with Crippen molar-refractivity contribution in [1.82, 2.24) is 14.8 Å². The molecule has 4 heteroatoms. The fourth-order valence-electron chi connectivity index (χ4n) is 0.688. The van der Waals surface area contributed by atoms with Gasteiger partial charge in [-0.15, -0.1) is 5.10 Å². The smallest absolute Gasteiger partial charge is 0.239 e. The molecule has 1 heterocycles. The largest absolute Gasteiger partial charge is 0.367 e. The molecule has 0 aliphatic rings. The van der Waals surface area contributed by atoms with Crippen molar-refractivity contribution in [1.29, 1.82) is 0 Å². The van der Waals surface area contributed by atoms with E-state index < -0.39 is 0 Å². The van der Waals surface area contributed by atoms with Crippen LogP contribution in [-0.4, -0.2) is 14.8 Å². The lowest BCUT2D eigenvalue weighted by Crippen LogP contribution is -2.04. The lowest BCUT2D eigenvalue weighted by Gasteiger charge is -2.05. The first-order valence-corrected chi connectivity index (χ1v) is 3.40. The summed E-state index contributed by atoms with van der Waals surface area (Å²) in [7, 11) is 0. The lowest BCUT2D eigenvalue weighted by atomic mass is 10.3. The molecular formula is C6H12N4. The second-order valence-corrected chi connectivity index (χ2v) is 2.34. The predicted molar refractivity (Wildman–Crippen MR) is 39.4 cm³/mol. The first kappa shape index (κ1) is 7.05.